The largest absolute Gasteiger partial charge is 0.508 e. The second kappa shape index (κ2) is 7.19. The first-order valence-electron chi connectivity index (χ1n) is 10.3. The first-order chi connectivity index (χ1) is 14.5. The summed E-state index contributed by atoms with van der Waals surface area (Å²) in [6, 6.07) is 10.2. The van der Waals surface area contributed by atoms with Crippen LogP contribution >= 0.6 is 0 Å². The quantitative estimate of drug-likeness (QED) is 0.778. The molecule has 4 rings (SSSR count). The van der Waals surface area contributed by atoms with Gasteiger partial charge in [-0.2, -0.15) is 0 Å². The molecule has 3 atom stereocenters. The van der Waals surface area contributed by atoms with Crippen LogP contribution in [0.5, 0.6) is 11.5 Å². The smallest absolute Gasteiger partial charge is 0.410 e. The number of hydrogen-bond acceptors (Lipinski definition) is 6. The molecular weight excluding hydrogens is 406 g/mol. The fourth-order valence-corrected chi connectivity index (χ4v) is 5.05. The Bertz CT molecular complexity index is 1130. The Hall–Kier alpha value is -2.74. The normalized spacial score (nSPS) is 23.8. The van der Waals surface area contributed by atoms with Crippen LogP contribution in [0.3, 0.4) is 0 Å². The van der Waals surface area contributed by atoms with Gasteiger partial charge in [-0.1, -0.05) is 12.1 Å². The van der Waals surface area contributed by atoms with Gasteiger partial charge in [-0.25, -0.2) is 13.2 Å². The molecular formula is C22H25NO6S. The zero-order valence-corrected chi connectivity index (χ0v) is 17.8. The van der Waals surface area contributed by atoms with Gasteiger partial charge in [0.1, 0.15) is 23.2 Å². The van der Waals surface area contributed by atoms with Gasteiger partial charge >= 0.3 is 6.09 Å². The van der Waals surface area contributed by atoms with Gasteiger partial charge in [0.2, 0.25) is 9.84 Å². The van der Waals surface area contributed by atoms with Gasteiger partial charge in [0.05, 0.1) is 17.7 Å². The van der Waals surface area contributed by atoms with Gasteiger partial charge < -0.3 is 19.5 Å². The summed E-state index contributed by atoms with van der Waals surface area (Å²) >= 11 is 0. The van der Waals surface area contributed by atoms with Gasteiger partial charge in [0, 0.05) is 18.0 Å². The number of ether oxygens (including phenoxy) is 2. The Morgan fingerprint density at radius 2 is 1.97 bits per heavy atom. The van der Waals surface area contributed by atoms with E-state index < -0.39 is 34.2 Å². The number of rotatable bonds is 2. The zero-order valence-electron chi connectivity index (χ0n) is 18.0. The number of aromatic hydroxyl groups is 1. The monoisotopic (exact) mass is 432 g/mol. The highest BCUT2D eigenvalue weighted by Gasteiger charge is 2.41. The van der Waals surface area contributed by atoms with E-state index >= 15 is 0 Å². The molecule has 2 heterocycles. The van der Waals surface area contributed by atoms with Crippen LogP contribution in [0, 0.1) is 0 Å². The summed E-state index contributed by atoms with van der Waals surface area (Å²) in [5.41, 5.74) is 0.170. The predicted octanol–water partition coefficient (Wildman–Crippen LogP) is 3.71. The summed E-state index contributed by atoms with van der Waals surface area (Å²) in [5.74, 6) is 0.164. The van der Waals surface area contributed by atoms with Gasteiger partial charge in [0.15, 0.2) is 0 Å². The predicted molar refractivity (Wildman–Crippen MR) is 110 cm³/mol. The zero-order chi connectivity index (χ0) is 22.6. The highest BCUT2D eigenvalue weighted by Crippen LogP contribution is 2.44. The Labute approximate surface area is 177 Å². The molecule has 7 nitrogen and oxygen atoms in total. The van der Waals surface area contributed by atoms with E-state index in [0.29, 0.717) is 18.7 Å². The molecule has 0 saturated carbocycles. The molecule has 0 bridgehead atoms. The van der Waals surface area contributed by atoms with Gasteiger partial charge in [-0.15, -0.1) is 0 Å². The van der Waals surface area contributed by atoms with E-state index in [2.05, 4.69) is 0 Å². The van der Waals surface area contributed by atoms with E-state index in [1.807, 2.05) is 0 Å². The van der Waals surface area contributed by atoms with Crippen molar-refractivity contribution in [2.75, 3.05) is 13.1 Å². The highest BCUT2D eigenvalue weighted by molar-refractivity contribution is 7.91. The third-order valence-corrected chi connectivity index (χ3v) is 6.87. The van der Waals surface area contributed by atoms with Crippen LogP contribution in [0.15, 0.2) is 52.3 Å². The first-order valence-corrected chi connectivity index (χ1v) is 11.2. The molecule has 0 aliphatic carbocycles. The van der Waals surface area contributed by atoms with E-state index in [1.165, 1.54) is 41.3 Å². The molecule has 1 saturated heterocycles. The van der Waals surface area contributed by atoms with E-state index in [4.69, 9.17) is 10.8 Å². The first kappa shape index (κ1) is 19.2. The SMILES string of the molecule is [2H]C1C2Oc3cc(S(=O)(=O)c4cccc(O)c4)ccc3C2CCN1C(=O)OC(C)(C)C. The molecule has 0 spiro atoms. The van der Waals surface area contributed by atoms with Crippen molar-refractivity contribution in [2.45, 2.75) is 54.6 Å². The second-order valence-corrected chi connectivity index (χ2v) is 10.5. The van der Waals surface area contributed by atoms with Gasteiger partial charge in [-0.3, -0.25) is 0 Å². The van der Waals surface area contributed by atoms with E-state index in [0.717, 1.165) is 5.56 Å². The Kier molecular flexibility index (Phi) is 4.61. The number of fused-ring (bicyclic) bond motifs is 3. The van der Waals surface area contributed by atoms with Crippen LogP contribution in [0.2, 0.25) is 0 Å². The molecule has 2 aliphatic rings. The summed E-state index contributed by atoms with van der Waals surface area (Å²) in [4.78, 5) is 13.9. The molecule has 160 valence electrons. The summed E-state index contributed by atoms with van der Waals surface area (Å²) in [7, 11) is -3.85. The van der Waals surface area contributed by atoms with Crippen molar-refractivity contribution >= 4 is 15.9 Å². The van der Waals surface area contributed by atoms with Crippen LogP contribution in [0.25, 0.3) is 0 Å². The number of carbonyl (C=O) groups is 1. The van der Waals surface area contributed by atoms with Gasteiger partial charge in [-0.05, 0) is 57.5 Å². The molecule has 2 aromatic rings. The second-order valence-electron chi connectivity index (χ2n) is 8.50. The topological polar surface area (TPSA) is 93.1 Å². The number of phenols is 1. The Morgan fingerprint density at radius 3 is 2.67 bits per heavy atom. The van der Waals surface area contributed by atoms with Crippen LogP contribution in [-0.2, 0) is 14.6 Å². The lowest BCUT2D eigenvalue weighted by atomic mass is 9.89. The average molecular weight is 433 g/mol. The fraction of sp³-hybridized carbons (Fsp3) is 0.409. The van der Waals surface area contributed by atoms with E-state index in [9.17, 15) is 18.3 Å². The van der Waals surface area contributed by atoms with Crippen molar-refractivity contribution in [2.24, 2.45) is 0 Å². The molecule has 3 unspecified atom stereocenters. The minimum absolute atomic E-state index is 0.0164. The molecule has 1 amide bonds. The standard InChI is InChI=1S/C22H25NO6S/c1-22(2,3)29-21(25)23-10-9-18-17-8-7-16(12-19(17)28-20(18)13-23)30(26,27)15-6-4-5-14(24)11-15/h4-8,11-12,18,20,24H,9-10,13H2,1-3H3/i13D. The lowest BCUT2D eigenvalue weighted by Gasteiger charge is -2.35. The van der Waals surface area contributed by atoms with E-state index in [-0.39, 0.29) is 21.5 Å². The summed E-state index contributed by atoms with van der Waals surface area (Å²) in [5, 5.41) is 9.64. The number of hydrogen-bond donors (Lipinski definition) is 1. The van der Waals surface area contributed by atoms with Crippen molar-refractivity contribution in [3.63, 3.8) is 0 Å². The number of carbonyl (C=O) groups excluding carboxylic acids is 1. The minimum Gasteiger partial charge on any atom is -0.508 e. The third kappa shape index (κ3) is 3.84. The summed E-state index contributed by atoms with van der Waals surface area (Å²) in [6.07, 6.45) is -0.571. The minimum atomic E-state index is -3.85. The lowest BCUT2D eigenvalue weighted by Crippen LogP contribution is -2.47. The maximum Gasteiger partial charge on any atom is 0.410 e. The number of benzene rings is 2. The van der Waals surface area contributed by atoms with Crippen molar-refractivity contribution in [3.8, 4) is 11.5 Å². The highest BCUT2D eigenvalue weighted by atomic mass is 32.2. The van der Waals surface area contributed by atoms with Crippen molar-refractivity contribution in [1.82, 2.24) is 4.90 Å². The number of likely N-dealkylation sites (tertiary alicyclic amines) is 1. The summed E-state index contributed by atoms with van der Waals surface area (Å²) < 4.78 is 45.9. The Balaban J connectivity index is 1.59. The number of amides is 1. The molecule has 2 aliphatic heterocycles. The summed E-state index contributed by atoms with van der Waals surface area (Å²) in [6.45, 7) is 4.70. The number of nitrogens with zero attached hydrogens (tertiary/aromatic N) is 1. The number of piperidine rings is 1. The van der Waals surface area contributed by atoms with Gasteiger partial charge in [0.25, 0.3) is 0 Å². The van der Waals surface area contributed by atoms with E-state index in [1.54, 1.807) is 26.8 Å². The number of sulfone groups is 1. The Morgan fingerprint density at radius 1 is 1.23 bits per heavy atom. The fourth-order valence-electron chi connectivity index (χ4n) is 3.74. The van der Waals surface area contributed by atoms with Crippen molar-refractivity contribution in [1.29, 1.82) is 0 Å². The van der Waals surface area contributed by atoms with Crippen LogP contribution in [0.1, 0.15) is 40.0 Å². The van der Waals surface area contributed by atoms with Crippen molar-refractivity contribution < 1.29 is 29.2 Å². The maximum atomic E-state index is 13.0. The molecule has 1 N–H and O–H groups in total. The maximum absolute atomic E-state index is 13.0. The molecule has 8 heteroatoms. The lowest BCUT2D eigenvalue weighted by molar-refractivity contribution is 0.00789. The van der Waals surface area contributed by atoms with Crippen LogP contribution in [0.4, 0.5) is 4.79 Å². The molecule has 30 heavy (non-hydrogen) atoms. The number of phenolic OH excluding ortho intramolecular Hbond substituents is 1. The average Bonchev–Trinajstić information content (AvgIpc) is 3.05. The molecule has 0 aromatic heterocycles. The van der Waals surface area contributed by atoms with Crippen LogP contribution in [-0.4, -0.2) is 49.3 Å². The van der Waals surface area contributed by atoms with Crippen molar-refractivity contribution in [3.05, 3.63) is 48.0 Å². The van der Waals surface area contributed by atoms with Crippen LogP contribution < -0.4 is 4.74 Å². The molecule has 1 fully saturated rings. The molecule has 0 radical (unpaired) electrons. The third-order valence-electron chi connectivity index (χ3n) is 5.12. The molecule has 2 aromatic carbocycles.